The summed E-state index contributed by atoms with van der Waals surface area (Å²) in [6, 6.07) is 0. The van der Waals surface area contributed by atoms with Crippen molar-refractivity contribution < 1.29 is 9.72 Å². The minimum Gasteiger partial charge on any atom is -0.739 e. The molecule has 0 radical (unpaired) electrons. The smallest absolute Gasteiger partial charge is 0.400 e. The Labute approximate surface area is 49.0 Å². The van der Waals surface area contributed by atoms with Gasteiger partial charge < -0.3 is 20.8 Å². The Morgan fingerprint density at radius 2 is 1.33 bits per heavy atom. The zero-order valence-electron chi connectivity index (χ0n) is 4.13. The Bertz CT molecular complexity index is 124. The van der Waals surface area contributed by atoms with Crippen LogP contribution in [0.3, 0.4) is 0 Å². The standard InChI is InChI=1S/CH4N4O4/c6-2-4(8)1-5(9)3-7/h6-7H,1H2/p-2/b4-2-,5-3+. The predicted molar refractivity (Wildman–Crippen MR) is 23.7 cm³/mol. The van der Waals surface area contributed by atoms with E-state index in [9.17, 15) is 20.8 Å². The maximum Gasteiger partial charge on any atom is 0.400 e. The monoisotopic (exact) mass is 134 g/mol. The molecule has 0 bridgehead atoms. The zero-order chi connectivity index (χ0) is 7.28. The van der Waals surface area contributed by atoms with Crippen LogP contribution in [-0.2, 0) is 0 Å². The molecule has 0 aromatic heterocycles. The van der Waals surface area contributed by atoms with Gasteiger partial charge in [-0.15, -0.1) is 0 Å². The fourth-order valence-electron chi connectivity index (χ4n) is 0.155. The van der Waals surface area contributed by atoms with E-state index in [2.05, 4.69) is 0 Å². The molecule has 0 spiro atoms. The van der Waals surface area contributed by atoms with Crippen LogP contribution >= 0.6 is 0 Å². The molecular formula is CH2N4O4-2. The molecule has 8 heteroatoms. The van der Waals surface area contributed by atoms with E-state index in [0.29, 0.717) is 0 Å². The normalized spacial score (nSPS) is 13.8. The number of hydrogen-bond acceptors (Lipinski definition) is 6. The van der Waals surface area contributed by atoms with Gasteiger partial charge in [0.25, 0.3) is 0 Å². The van der Waals surface area contributed by atoms with Crippen LogP contribution in [0, 0.1) is 20.8 Å². The van der Waals surface area contributed by atoms with Crippen molar-refractivity contribution in [3.63, 3.8) is 0 Å². The summed E-state index contributed by atoms with van der Waals surface area (Å²) in [5, 5.41) is 41.5. The molecule has 0 N–H and O–H groups in total. The summed E-state index contributed by atoms with van der Waals surface area (Å²) in [5.74, 6) is 0. The fraction of sp³-hybridized carbons (Fsp3) is 1.00. The highest BCUT2D eigenvalue weighted by Gasteiger charge is 1.96. The first-order valence-corrected chi connectivity index (χ1v) is 1.76. The molecule has 0 unspecified atom stereocenters. The van der Waals surface area contributed by atoms with Crippen molar-refractivity contribution in [2.45, 2.75) is 0 Å². The van der Waals surface area contributed by atoms with Crippen molar-refractivity contribution in [3.8, 4) is 0 Å². The molecule has 0 rings (SSSR count). The van der Waals surface area contributed by atoms with E-state index in [4.69, 9.17) is 0 Å². The van der Waals surface area contributed by atoms with E-state index in [1.54, 1.807) is 10.6 Å². The van der Waals surface area contributed by atoms with Crippen LogP contribution in [0.1, 0.15) is 0 Å². The average Bonchev–Trinajstić information content (AvgIpc) is 1.87. The number of rotatable bonds is 2. The van der Waals surface area contributed by atoms with Gasteiger partial charge in [0.2, 0.25) is 0 Å². The van der Waals surface area contributed by atoms with E-state index >= 15 is 0 Å². The molecule has 9 heavy (non-hydrogen) atoms. The third-order valence-corrected chi connectivity index (χ3v) is 0.424. The van der Waals surface area contributed by atoms with Crippen LogP contribution in [0.2, 0.25) is 0 Å². The van der Waals surface area contributed by atoms with E-state index in [0.717, 1.165) is 0 Å². The molecular weight excluding hydrogens is 132 g/mol. The Hall–Kier alpha value is -1.60. The third kappa shape index (κ3) is 3.02. The van der Waals surface area contributed by atoms with Crippen LogP contribution in [0.15, 0.2) is 10.6 Å². The lowest BCUT2D eigenvalue weighted by atomic mass is 11.2. The average molecular weight is 134 g/mol. The topological polar surface area (TPSA) is 123 Å². The summed E-state index contributed by atoms with van der Waals surface area (Å²) in [6.45, 7) is -0.993. The summed E-state index contributed by atoms with van der Waals surface area (Å²) in [4.78, 5) is -1.01. The van der Waals surface area contributed by atoms with Gasteiger partial charge in [-0.3, -0.25) is 0 Å². The number of hydroxylamine groups is 2. The first-order valence-electron chi connectivity index (χ1n) is 1.76. The molecule has 0 aliphatic rings. The summed E-state index contributed by atoms with van der Waals surface area (Å²) >= 11 is 0. The Morgan fingerprint density at radius 1 is 1.00 bits per heavy atom. The van der Waals surface area contributed by atoms with Gasteiger partial charge in [0.05, 0.1) is 0 Å². The quantitative estimate of drug-likeness (QED) is 0.225. The van der Waals surface area contributed by atoms with Crippen molar-refractivity contribution in [3.05, 3.63) is 20.8 Å². The van der Waals surface area contributed by atoms with Gasteiger partial charge in [0.1, 0.15) is 0 Å². The second kappa shape index (κ2) is 3.41. The minimum absolute atomic E-state index is 0.506. The van der Waals surface area contributed by atoms with E-state index < -0.39 is 16.4 Å². The molecule has 0 aliphatic heterocycles. The molecule has 0 fully saturated rings. The van der Waals surface area contributed by atoms with Crippen LogP contribution in [0.4, 0.5) is 0 Å². The molecule has 52 valence electrons. The molecule has 0 amide bonds. The van der Waals surface area contributed by atoms with Gasteiger partial charge in [-0.2, -0.15) is 0 Å². The largest absolute Gasteiger partial charge is 0.739 e. The van der Waals surface area contributed by atoms with Crippen molar-refractivity contribution in [2.24, 2.45) is 10.6 Å². The molecule has 0 aliphatic carbocycles. The second-order valence-electron chi connectivity index (χ2n) is 1.01. The van der Waals surface area contributed by atoms with Crippen molar-refractivity contribution in [2.75, 3.05) is 6.67 Å². The van der Waals surface area contributed by atoms with Gasteiger partial charge >= 0.3 is 6.67 Å². The maximum atomic E-state index is 9.78. The van der Waals surface area contributed by atoms with Crippen molar-refractivity contribution >= 4 is 0 Å². The lowest BCUT2D eigenvalue weighted by Crippen LogP contribution is -2.12. The first-order chi connectivity index (χ1) is 4.20. The first kappa shape index (κ1) is 7.40. The van der Waals surface area contributed by atoms with E-state index in [-0.39, 0.29) is 0 Å². The molecule has 0 atom stereocenters. The van der Waals surface area contributed by atoms with Gasteiger partial charge in [-0.1, -0.05) is 0 Å². The fourth-order valence-corrected chi connectivity index (χ4v) is 0.155. The van der Waals surface area contributed by atoms with Crippen LogP contribution in [0.5, 0.6) is 0 Å². The lowest BCUT2D eigenvalue weighted by molar-refractivity contribution is -0.729. The summed E-state index contributed by atoms with van der Waals surface area (Å²) in [5.41, 5.74) is 0. The highest BCUT2D eigenvalue weighted by Crippen LogP contribution is 1.76. The Morgan fingerprint density at radius 3 is 1.56 bits per heavy atom. The number of nitrogens with zero attached hydrogens (tertiary/aromatic N) is 4. The summed E-state index contributed by atoms with van der Waals surface area (Å²) in [6.07, 6.45) is 0. The van der Waals surface area contributed by atoms with Gasteiger partial charge in [0.15, 0.2) is 0 Å². The third-order valence-electron chi connectivity index (χ3n) is 0.424. The minimum atomic E-state index is -0.993. The molecule has 0 saturated carbocycles. The summed E-state index contributed by atoms with van der Waals surface area (Å²) in [7, 11) is 0. The summed E-state index contributed by atoms with van der Waals surface area (Å²) < 4.78 is 0. The van der Waals surface area contributed by atoms with Crippen LogP contribution in [0.25, 0.3) is 0 Å². The van der Waals surface area contributed by atoms with Gasteiger partial charge in [0, 0.05) is 0 Å². The Balaban J connectivity index is 3.75. The highest BCUT2D eigenvalue weighted by atomic mass is 16.6. The highest BCUT2D eigenvalue weighted by molar-refractivity contribution is 4.15. The second-order valence-corrected chi connectivity index (χ2v) is 1.01. The van der Waals surface area contributed by atoms with Crippen molar-refractivity contribution in [1.82, 2.24) is 0 Å². The predicted octanol–water partition coefficient (Wildman–Crippen LogP) is -0.136. The van der Waals surface area contributed by atoms with E-state index in [1.807, 2.05) is 0 Å². The SMILES string of the molecule is [O-]/N=[N+](\[O-])C/[N+]([O-])=N\[O-]. The zero-order valence-corrected chi connectivity index (χ0v) is 4.13. The maximum absolute atomic E-state index is 9.78. The van der Waals surface area contributed by atoms with Gasteiger partial charge in [-0.25, -0.2) is 0 Å². The number of hydrogen-bond donors (Lipinski definition) is 0. The molecule has 0 aromatic rings. The molecule has 0 aromatic carbocycles. The van der Waals surface area contributed by atoms with Crippen LogP contribution < -0.4 is 0 Å². The van der Waals surface area contributed by atoms with Gasteiger partial charge in [-0.05, 0) is 20.3 Å². The van der Waals surface area contributed by atoms with Crippen LogP contribution in [-0.4, -0.2) is 16.4 Å². The van der Waals surface area contributed by atoms with Crippen molar-refractivity contribution in [1.29, 1.82) is 0 Å². The molecule has 0 heterocycles. The Kier molecular flexibility index (Phi) is 2.80. The molecule has 8 nitrogen and oxygen atoms in total. The van der Waals surface area contributed by atoms with E-state index in [1.165, 1.54) is 0 Å². The molecule has 0 saturated heterocycles. The lowest BCUT2D eigenvalue weighted by Gasteiger charge is -2.00.